The van der Waals surface area contributed by atoms with E-state index in [9.17, 15) is 8.78 Å². The van der Waals surface area contributed by atoms with E-state index in [0.717, 1.165) is 18.9 Å². The first kappa shape index (κ1) is 13.0. The molecule has 4 heteroatoms. The van der Waals surface area contributed by atoms with Gasteiger partial charge in [0.2, 0.25) is 0 Å². The summed E-state index contributed by atoms with van der Waals surface area (Å²) in [5.74, 6) is -0.648. The summed E-state index contributed by atoms with van der Waals surface area (Å²) in [6.45, 7) is 0.319. The van der Waals surface area contributed by atoms with E-state index in [4.69, 9.17) is 5.73 Å². The molecule has 0 aromatic heterocycles. The molecule has 1 aromatic rings. The Hall–Kier alpha value is -1.45. The predicted molar refractivity (Wildman–Crippen MR) is 68.3 cm³/mol. The minimum absolute atomic E-state index is 0.319. The molecule has 2 rings (SSSR count). The summed E-state index contributed by atoms with van der Waals surface area (Å²) >= 11 is 0. The van der Waals surface area contributed by atoms with Crippen LogP contribution in [0.5, 0.6) is 0 Å². The van der Waals surface area contributed by atoms with Crippen LogP contribution in [-0.2, 0) is 6.54 Å². The SMILES string of the molecule is NC(=NCc1ccc(F)c(F)c1)C1CCCCC1. The Balaban J connectivity index is 1.98. The number of hydrogen-bond acceptors (Lipinski definition) is 1. The Bertz CT molecular complexity index is 437. The average molecular weight is 252 g/mol. The lowest BCUT2D eigenvalue weighted by atomic mass is 9.88. The number of halogens is 2. The van der Waals surface area contributed by atoms with E-state index < -0.39 is 11.6 Å². The van der Waals surface area contributed by atoms with Crippen molar-refractivity contribution < 1.29 is 8.78 Å². The highest BCUT2D eigenvalue weighted by atomic mass is 19.2. The van der Waals surface area contributed by atoms with Gasteiger partial charge in [0.15, 0.2) is 11.6 Å². The van der Waals surface area contributed by atoms with E-state index in [-0.39, 0.29) is 0 Å². The molecular weight excluding hydrogens is 234 g/mol. The second-order valence-electron chi connectivity index (χ2n) is 4.82. The zero-order chi connectivity index (χ0) is 13.0. The van der Waals surface area contributed by atoms with Crippen LogP contribution >= 0.6 is 0 Å². The molecular formula is C14H18F2N2. The highest BCUT2D eigenvalue weighted by molar-refractivity contribution is 5.82. The molecule has 1 aliphatic rings. The highest BCUT2D eigenvalue weighted by Gasteiger charge is 2.16. The fourth-order valence-corrected chi connectivity index (χ4v) is 2.35. The lowest BCUT2D eigenvalue weighted by Crippen LogP contribution is -2.25. The molecule has 1 saturated carbocycles. The van der Waals surface area contributed by atoms with Crippen LogP contribution in [0.15, 0.2) is 23.2 Å². The minimum atomic E-state index is -0.834. The largest absolute Gasteiger partial charge is 0.387 e. The third-order valence-corrected chi connectivity index (χ3v) is 3.45. The maximum Gasteiger partial charge on any atom is 0.159 e. The summed E-state index contributed by atoms with van der Waals surface area (Å²) in [5, 5.41) is 0. The number of nitrogens with zero attached hydrogens (tertiary/aromatic N) is 1. The quantitative estimate of drug-likeness (QED) is 0.649. The Morgan fingerprint density at radius 2 is 1.89 bits per heavy atom. The van der Waals surface area contributed by atoms with Gasteiger partial charge in [-0.2, -0.15) is 0 Å². The third-order valence-electron chi connectivity index (χ3n) is 3.45. The Kier molecular flexibility index (Phi) is 4.28. The van der Waals surface area contributed by atoms with Crippen molar-refractivity contribution in [2.24, 2.45) is 16.6 Å². The topological polar surface area (TPSA) is 38.4 Å². The molecule has 0 saturated heterocycles. The number of rotatable bonds is 3. The van der Waals surface area contributed by atoms with Crippen molar-refractivity contribution in [2.45, 2.75) is 38.6 Å². The molecule has 0 radical (unpaired) electrons. The zero-order valence-corrected chi connectivity index (χ0v) is 10.3. The fraction of sp³-hybridized carbons (Fsp3) is 0.500. The van der Waals surface area contributed by atoms with Gasteiger partial charge in [-0.05, 0) is 30.5 Å². The minimum Gasteiger partial charge on any atom is -0.387 e. The summed E-state index contributed by atoms with van der Waals surface area (Å²) in [6, 6.07) is 3.83. The van der Waals surface area contributed by atoms with Crippen LogP contribution in [0.2, 0.25) is 0 Å². The fourth-order valence-electron chi connectivity index (χ4n) is 2.35. The molecule has 0 atom stereocenters. The van der Waals surface area contributed by atoms with Gasteiger partial charge >= 0.3 is 0 Å². The molecule has 0 heterocycles. The maximum atomic E-state index is 13.0. The molecule has 0 aliphatic heterocycles. The molecule has 2 N–H and O–H groups in total. The van der Waals surface area contributed by atoms with E-state index in [2.05, 4.69) is 4.99 Å². The van der Waals surface area contributed by atoms with Crippen molar-refractivity contribution >= 4 is 5.84 Å². The lowest BCUT2D eigenvalue weighted by Gasteiger charge is -2.20. The molecule has 1 aromatic carbocycles. The monoisotopic (exact) mass is 252 g/mol. The number of nitrogens with two attached hydrogens (primary N) is 1. The number of hydrogen-bond donors (Lipinski definition) is 1. The smallest absolute Gasteiger partial charge is 0.159 e. The summed E-state index contributed by atoms with van der Waals surface area (Å²) in [5.41, 5.74) is 6.59. The second-order valence-corrected chi connectivity index (χ2v) is 4.82. The normalized spacial score (nSPS) is 18.0. The van der Waals surface area contributed by atoms with E-state index in [1.807, 2.05) is 0 Å². The molecule has 0 bridgehead atoms. The van der Waals surface area contributed by atoms with Crippen molar-refractivity contribution in [3.05, 3.63) is 35.4 Å². The third kappa shape index (κ3) is 3.28. The van der Waals surface area contributed by atoms with E-state index in [1.165, 1.54) is 31.4 Å². The molecule has 2 nitrogen and oxygen atoms in total. The van der Waals surface area contributed by atoms with Gasteiger partial charge < -0.3 is 5.73 Å². The molecule has 1 fully saturated rings. The van der Waals surface area contributed by atoms with Crippen molar-refractivity contribution in [3.63, 3.8) is 0 Å². The van der Waals surface area contributed by atoms with Crippen molar-refractivity contribution in [1.82, 2.24) is 0 Å². The first-order chi connectivity index (χ1) is 8.66. The Morgan fingerprint density at radius 3 is 2.56 bits per heavy atom. The Labute approximate surface area is 106 Å². The molecule has 0 spiro atoms. The van der Waals surface area contributed by atoms with Crippen LogP contribution < -0.4 is 5.73 Å². The maximum absolute atomic E-state index is 13.0. The standard InChI is InChI=1S/C14H18F2N2/c15-12-7-6-10(8-13(12)16)9-18-14(17)11-4-2-1-3-5-11/h6-8,11H,1-5,9H2,(H2,17,18). The van der Waals surface area contributed by atoms with Gasteiger partial charge in [0.1, 0.15) is 0 Å². The van der Waals surface area contributed by atoms with Gasteiger partial charge in [-0.15, -0.1) is 0 Å². The summed E-state index contributed by atoms with van der Waals surface area (Å²) in [6.07, 6.45) is 5.85. The van der Waals surface area contributed by atoms with Crippen LogP contribution in [-0.4, -0.2) is 5.84 Å². The van der Waals surface area contributed by atoms with Gasteiger partial charge in [0, 0.05) is 5.92 Å². The molecule has 18 heavy (non-hydrogen) atoms. The van der Waals surface area contributed by atoms with Gasteiger partial charge in [0.25, 0.3) is 0 Å². The predicted octanol–water partition coefficient (Wildman–Crippen LogP) is 3.40. The second kappa shape index (κ2) is 5.94. The van der Waals surface area contributed by atoms with Crippen LogP contribution in [0.4, 0.5) is 8.78 Å². The lowest BCUT2D eigenvalue weighted by molar-refractivity contribution is 0.436. The van der Waals surface area contributed by atoms with E-state index >= 15 is 0 Å². The summed E-state index contributed by atoms with van der Waals surface area (Å²) in [4.78, 5) is 4.29. The van der Waals surface area contributed by atoms with Gasteiger partial charge in [-0.3, -0.25) is 4.99 Å². The van der Waals surface area contributed by atoms with Crippen LogP contribution in [0.25, 0.3) is 0 Å². The van der Waals surface area contributed by atoms with Crippen molar-refractivity contribution in [2.75, 3.05) is 0 Å². The molecule has 1 aliphatic carbocycles. The highest BCUT2D eigenvalue weighted by Crippen LogP contribution is 2.23. The average Bonchev–Trinajstić information content (AvgIpc) is 2.41. The van der Waals surface area contributed by atoms with Gasteiger partial charge in [-0.1, -0.05) is 25.3 Å². The molecule has 0 unspecified atom stereocenters. The molecule has 0 amide bonds. The first-order valence-corrected chi connectivity index (χ1v) is 6.40. The van der Waals surface area contributed by atoms with Crippen LogP contribution in [0, 0.1) is 17.6 Å². The van der Waals surface area contributed by atoms with Crippen molar-refractivity contribution in [1.29, 1.82) is 0 Å². The molecule has 98 valence electrons. The van der Waals surface area contributed by atoms with Crippen molar-refractivity contribution in [3.8, 4) is 0 Å². The Morgan fingerprint density at radius 1 is 1.17 bits per heavy atom. The summed E-state index contributed by atoms with van der Waals surface area (Å²) < 4.78 is 25.8. The number of benzene rings is 1. The first-order valence-electron chi connectivity index (χ1n) is 6.40. The zero-order valence-electron chi connectivity index (χ0n) is 10.3. The number of amidine groups is 1. The summed E-state index contributed by atoms with van der Waals surface area (Å²) in [7, 11) is 0. The van der Waals surface area contributed by atoms with Crippen LogP contribution in [0.1, 0.15) is 37.7 Å². The number of aliphatic imine (C=N–C) groups is 1. The van der Waals surface area contributed by atoms with Gasteiger partial charge in [0.05, 0.1) is 12.4 Å². The van der Waals surface area contributed by atoms with E-state index in [0.29, 0.717) is 23.9 Å². The van der Waals surface area contributed by atoms with Crippen LogP contribution in [0.3, 0.4) is 0 Å². The van der Waals surface area contributed by atoms with Gasteiger partial charge in [-0.25, -0.2) is 8.78 Å². The van der Waals surface area contributed by atoms with E-state index in [1.54, 1.807) is 0 Å².